The summed E-state index contributed by atoms with van der Waals surface area (Å²) in [4.78, 5) is 11.6. The van der Waals surface area contributed by atoms with E-state index in [0.29, 0.717) is 12.1 Å². The van der Waals surface area contributed by atoms with E-state index in [9.17, 15) is 0 Å². The molecule has 1 aliphatic heterocycles. The summed E-state index contributed by atoms with van der Waals surface area (Å²) in [7, 11) is 1.84. The van der Waals surface area contributed by atoms with Crippen molar-refractivity contribution in [1.82, 2.24) is 20.5 Å². The molecule has 2 rings (SSSR count). The maximum absolute atomic E-state index is 5.66. The van der Waals surface area contributed by atoms with Crippen molar-refractivity contribution in [2.75, 3.05) is 39.8 Å². The molecule has 2 N–H and O–H groups in total. The van der Waals surface area contributed by atoms with E-state index in [1.807, 2.05) is 7.05 Å². The minimum atomic E-state index is 0.121. The van der Waals surface area contributed by atoms with Crippen LogP contribution in [0.1, 0.15) is 58.2 Å². The number of nitrogens with one attached hydrogen (secondary N) is 2. The molecule has 0 bridgehead atoms. The molecule has 160 valence electrons. The Morgan fingerprint density at radius 1 is 1.36 bits per heavy atom. The first-order valence-electron chi connectivity index (χ1n) is 10.5. The first-order chi connectivity index (χ1) is 13.3. The molecular weight excluding hydrogens is 370 g/mol. The summed E-state index contributed by atoms with van der Waals surface area (Å²) in [5.41, 5.74) is 1.30. The quantitative estimate of drug-likeness (QED) is 0.510. The molecule has 0 atom stereocenters. The molecule has 1 saturated heterocycles. The van der Waals surface area contributed by atoms with Crippen molar-refractivity contribution in [3.05, 3.63) is 16.1 Å². The Balaban J connectivity index is 1.66. The van der Waals surface area contributed by atoms with Crippen molar-refractivity contribution in [2.24, 2.45) is 4.99 Å². The number of nitrogens with zero attached hydrogens (tertiary/aromatic N) is 3. The van der Waals surface area contributed by atoms with Crippen LogP contribution in [-0.4, -0.2) is 67.8 Å². The fourth-order valence-corrected chi connectivity index (χ4v) is 4.19. The van der Waals surface area contributed by atoms with Crippen LogP contribution in [0.4, 0.5) is 0 Å². The van der Waals surface area contributed by atoms with Crippen LogP contribution < -0.4 is 10.6 Å². The average molecular weight is 410 g/mol. The molecule has 0 aliphatic carbocycles. The second kappa shape index (κ2) is 11.1. The number of thiazole rings is 1. The zero-order valence-electron chi connectivity index (χ0n) is 18.5. The SMILES string of the molecule is CN=C(NCCc1nc(C(C)(C)C)cs1)NC1CCN(CCOC(C)C)CC1. The second-order valence-corrected chi connectivity index (χ2v) is 9.75. The van der Waals surface area contributed by atoms with Gasteiger partial charge in [-0.05, 0) is 26.7 Å². The van der Waals surface area contributed by atoms with Crippen LogP contribution in [0.25, 0.3) is 0 Å². The molecule has 1 aromatic heterocycles. The van der Waals surface area contributed by atoms with Gasteiger partial charge in [-0.25, -0.2) is 4.98 Å². The van der Waals surface area contributed by atoms with E-state index in [1.165, 1.54) is 10.7 Å². The van der Waals surface area contributed by atoms with Crippen LogP contribution in [0.15, 0.2) is 10.4 Å². The summed E-state index contributed by atoms with van der Waals surface area (Å²) in [6.45, 7) is 15.7. The maximum Gasteiger partial charge on any atom is 0.191 e. The minimum absolute atomic E-state index is 0.121. The Hall–Kier alpha value is -1.18. The van der Waals surface area contributed by atoms with E-state index >= 15 is 0 Å². The van der Waals surface area contributed by atoms with Gasteiger partial charge in [0.2, 0.25) is 0 Å². The third-order valence-electron chi connectivity index (χ3n) is 4.96. The summed E-state index contributed by atoms with van der Waals surface area (Å²) in [6, 6.07) is 0.487. The number of hydrogen-bond acceptors (Lipinski definition) is 5. The molecule has 0 aromatic carbocycles. The number of ether oxygens (including phenoxy) is 1. The standard InChI is InChI=1S/C21H39N5OS/c1-16(2)27-14-13-26-11-8-17(9-12-26)24-20(22-6)23-10-7-19-25-18(15-28-19)21(3,4)5/h15-17H,7-14H2,1-6H3,(H2,22,23,24). The number of guanidine groups is 1. The number of rotatable bonds is 8. The van der Waals surface area contributed by atoms with Crippen LogP contribution >= 0.6 is 11.3 Å². The highest BCUT2D eigenvalue weighted by Gasteiger charge is 2.20. The van der Waals surface area contributed by atoms with Crippen molar-refractivity contribution in [3.8, 4) is 0 Å². The molecular formula is C21H39N5OS. The fourth-order valence-electron chi connectivity index (χ4n) is 3.16. The molecule has 0 radical (unpaired) electrons. The number of hydrogen-bond donors (Lipinski definition) is 2. The largest absolute Gasteiger partial charge is 0.377 e. The average Bonchev–Trinajstić information content (AvgIpc) is 3.11. The Kier molecular flexibility index (Phi) is 9.18. The topological polar surface area (TPSA) is 61.8 Å². The van der Waals surface area contributed by atoms with Gasteiger partial charge in [0.1, 0.15) is 0 Å². The smallest absolute Gasteiger partial charge is 0.191 e. The van der Waals surface area contributed by atoms with Crippen molar-refractivity contribution in [3.63, 3.8) is 0 Å². The molecule has 0 amide bonds. The van der Waals surface area contributed by atoms with Gasteiger partial charge in [-0.2, -0.15) is 0 Å². The van der Waals surface area contributed by atoms with E-state index < -0.39 is 0 Å². The lowest BCUT2D eigenvalue weighted by Crippen LogP contribution is -2.49. The molecule has 1 fully saturated rings. The van der Waals surface area contributed by atoms with Gasteiger partial charge in [0.25, 0.3) is 0 Å². The van der Waals surface area contributed by atoms with Gasteiger partial charge >= 0.3 is 0 Å². The number of piperidine rings is 1. The zero-order valence-corrected chi connectivity index (χ0v) is 19.4. The van der Waals surface area contributed by atoms with Crippen molar-refractivity contribution in [2.45, 2.75) is 71.4 Å². The summed E-state index contributed by atoms with van der Waals surface area (Å²) >= 11 is 1.75. The number of aliphatic imine (C=N–C) groups is 1. The number of aromatic nitrogens is 1. The predicted octanol–water partition coefficient (Wildman–Crippen LogP) is 3.04. The molecule has 0 saturated carbocycles. The van der Waals surface area contributed by atoms with Crippen LogP contribution in [0, 0.1) is 0 Å². The summed E-state index contributed by atoms with van der Waals surface area (Å²) < 4.78 is 5.66. The highest BCUT2D eigenvalue weighted by Crippen LogP contribution is 2.23. The van der Waals surface area contributed by atoms with Crippen LogP contribution in [0.5, 0.6) is 0 Å². The number of likely N-dealkylation sites (tertiary alicyclic amines) is 1. The summed E-state index contributed by atoms with van der Waals surface area (Å²) in [5, 5.41) is 10.4. The van der Waals surface area contributed by atoms with Gasteiger partial charge in [0.15, 0.2) is 5.96 Å². The predicted molar refractivity (Wildman–Crippen MR) is 120 cm³/mol. The van der Waals surface area contributed by atoms with E-state index in [-0.39, 0.29) is 5.41 Å². The zero-order chi connectivity index (χ0) is 20.6. The van der Waals surface area contributed by atoms with Gasteiger partial charge in [-0.15, -0.1) is 11.3 Å². The lowest BCUT2D eigenvalue weighted by Gasteiger charge is -2.33. The van der Waals surface area contributed by atoms with E-state index in [2.05, 4.69) is 60.5 Å². The van der Waals surface area contributed by atoms with Gasteiger partial charge in [0, 0.05) is 56.5 Å². The normalized spacial score (nSPS) is 17.3. The van der Waals surface area contributed by atoms with Crippen molar-refractivity contribution in [1.29, 1.82) is 0 Å². The van der Waals surface area contributed by atoms with Crippen LogP contribution in [0.2, 0.25) is 0 Å². The van der Waals surface area contributed by atoms with Gasteiger partial charge in [-0.1, -0.05) is 20.8 Å². The molecule has 1 aromatic rings. The Bertz CT molecular complexity index is 600. The molecule has 0 unspecified atom stereocenters. The lowest BCUT2D eigenvalue weighted by atomic mass is 9.93. The monoisotopic (exact) mass is 409 g/mol. The Morgan fingerprint density at radius 3 is 2.64 bits per heavy atom. The Morgan fingerprint density at radius 2 is 2.07 bits per heavy atom. The van der Waals surface area contributed by atoms with Crippen LogP contribution in [0.3, 0.4) is 0 Å². The van der Waals surface area contributed by atoms with E-state index in [0.717, 1.165) is 58.0 Å². The molecule has 2 heterocycles. The van der Waals surface area contributed by atoms with Crippen molar-refractivity contribution >= 4 is 17.3 Å². The fraction of sp³-hybridized carbons (Fsp3) is 0.810. The first-order valence-corrected chi connectivity index (χ1v) is 11.4. The second-order valence-electron chi connectivity index (χ2n) is 8.81. The molecule has 7 heteroatoms. The van der Waals surface area contributed by atoms with Gasteiger partial charge in [0.05, 0.1) is 23.4 Å². The summed E-state index contributed by atoms with van der Waals surface area (Å²) in [5.74, 6) is 0.897. The van der Waals surface area contributed by atoms with Gasteiger partial charge < -0.3 is 20.3 Å². The van der Waals surface area contributed by atoms with Crippen LogP contribution in [-0.2, 0) is 16.6 Å². The lowest BCUT2D eigenvalue weighted by molar-refractivity contribution is 0.0532. The maximum atomic E-state index is 5.66. The van der Waals surface area contributed by atoms with E-state index in [1.54, 1.807) is 11.3 Å². The molecule has 1 aliphatic rings. The minimum Gasteiger partial charge on any atom is -0.377 e. The Labute approximate surface area is 175 Å². The molecule has 6 nitrogen and oxygen atoms in total. The third kappa shape index (κ3) is 8.05. The highest BCUT2D eigenvalue weighted by atomic mass is 32.1. The third-order valence-corrected chi connectivity index (χ3v) is 5.87. The molecule has 28 heavy (non-hydrogen) atoms. The summed E-state index contributed by atoms with van der Waals surface area (Å²) in [6.07, 6.45) is 3.53. The van der Waals surface area contributed by atoms with E-state index in [4.69, 9.17) is 9.72 Å². The first kappa shape index (κ1) is 23.1. The molecule has 0 spiro atoms. The highest BCUT2D eigenvalue weighted by molar-refractivity contribution is 7.09. The van der Waals surface area contributed by atoms with Crippen molar-refractivity contribution < 1.29 is 4.74 Å². The van der Waals surface area contributed by atoms with Gasteiger partial charge in [-0.3, -0.25) is 4.99 Å².